The molecule has 1 fully saturated rings. The van der Waals surface area contributed by atoms with Crippen LogP contribution < -0.4 is 4.74 Å². The summed E-state index contributed by atoms with van der Waals surface area (Å²) in [6, 6.07) is 4.11. The lowest BCUT2D eigenvalue weighted by molar-refractivity contribution is -0.277. The number of carbonyl (C=O) groups is 1. The van der Waals surface area contributed by atoms with E-state index >= 15 is 0 Å². The minimum Gasteiger partial charge on any atom is -0.508 e. The molecule has 1 aliphatic heterocycles. The number of phenolic OH excluding ortho intramolecular Hbond substituents is 2. The summed E-state index contributed by atoms with van der Waals surface area (Å²) >= 11 is 0. The molecule has 0 saturated carbocycles. The maximum atomic E-state index is 11.9. The zero-order valence-corrected chi connectivity index (χ0v) is 15.2. The van der Waals surface area contributed by atoms with Gasteiger partial charge in [-0.25, -0.2) is 0 Å². The third-order valence-electron chi connectivity index (χ3n) is 4.80. The average molecular weight is 394 g/mol. The van der Waals surface area contributed by atoms with Gasteiger partial charge < -0.3 is 40.1 Å². The Morgan fingerprint density at radius 1 is 1.11 bits per heavy atom. The van der Waals surface area contributed by atoms with Crippen LogP contribution in [0.1, 0.15) is 22.8 Å². The molecule has 0 radical (unpaired) electrons. The number of hydrogen-bond donors (Lipinski definition) is 6. The van der Waals surface area contributed by atoms with Crippen LogP contribution in [-0.4, -0.2) is 73.7 Å². The third-order valence-corrected chi connectivity index (χ3v) is 4.80. The first-order chi connectivity index (χ1) is 13.1. The molecule has 0 unspecified atom stereocenters. The number of hydrogen-bond acceptors (Lipinski definition) is 9. The van der Waals surface area contributed by atoms with Crippen molar-refractivity contribution in [3.8, 4) is 17.2 Å². The molecule has 152 valence electrons. The Bertz CT molecular complexity index is 908. The number of carbonyl (C=O) groups excluding carboxylic acids is 1. The molecule has 9 nitrogen and oxygen atoms in total. The van der Waals surface area contributed by atoms with E-state index in [-0.39, 0.29) is 34.0 Å². The number of aliphatic hydroxyl groups excluding tert-OH is 4. The van der Waals surface area contributed by atoms with Crippen molar-refractivity contribution in [3.05, 3.63) is 29.3 Å². The summed E-state index contributed by atoms with van der Waals surface area (Å²) in [4.78, 5) is 11.9. The van der Waals surface area contributed by atoms with E-state index in [0.29, 0.717) is 10.9 Å². The molecule has 0 amide bonds. The van der Waals surface area contributed by atoms with Crippen molar-refractivity contribution in [2.75, 3.05) is 6.61 Å². The molecular formula is C19H22O9. The van der Waals surface area contributed by atoms with Crippen molar-refractivity contribution < 1.29 is 44.9 Å². The molecule has 1 aliphatic rings. The summed E-state index contributed by atoms with van der Waals surface area (Å²) in [6.07, 6.45) is -7.57. The molecule has 28 heavy (non-hydrogen) atoms. The predicted octanol–water partition coefficient (Wildman–Crippen LogP) is -0.0593. The highest BCUT2D eigenvalue weighted by Gasteiger charge is 2.45. The second-order valence-corrected chi connectivity index (χ2v) is 6.83. The highest BCUT2D eigenvalue weighted by atomic mass is 16.7. The maximum absolute atomic E-state index is 11.9. The molecule has 0 bridgehead atoms. The second kappa shape index (κ2) is 7.53. The Hall–Kier alpha value is -2.43. The number of aryl methyl sites for hydroxylation is 1. The molecule has 1 heterocycles. The van der Waals surface area contributed by atoms with Crippen LogP contribution in [0.5, 0.6) is 17.2 Å². The molecule has 0 aliphatic carbocycles. The number of benzene rings is 2. The van der Waals surface area contributed by atoms with Crippen LogP contribution in [0.3, 0.4) is 0 Å². The lowest BCUT2D eigenvalue weighted by Crippen LogP contribution is -2.60. The molecule has 0 aromatic heterocycles. The summed E-state index contributed by atoms with van der Waals surface area (Å²) in [5.74, 6) is -1.05. The fourth-order valence-corrected chi connectivity index (χ4v) is 3.43. The summed E-state index contributed by atoms with van der Waals surface area (Å²) in [5.41, 5.74) is 0.582. The van der Waals surface area contributed by atoms with Gasteiger partial charge in [-0.3, -0.25) is 4.79 Å². The van der Waals surface area contributed by atoms with Crippen molar-refractivity contribution in [1.82, 2.24) is 0 Å². The monoisotopic (exact) mass is 394 g/mol. The lowest BCUT2D eigenvalue weighted by atomic mass is 9.97. The Morgan fingerprint density at radius 2 is 1.79 bits per heavy atom. The molecule has 1 saturated heterocycles. The quantitative estimate of drug-likeness (QED) is 0.391. The van der Waals surface area contributed by atoms with Crippen molar-refractivity contribution >= 4 is 16.6 Å². The molecule has 0 spiro atoms. The number of ether oxygens (including phenoxy) is 2. The minimum absolute atomic E-state index is 0.0804. The van der Waals surface area contributed by atoms with Gasteiger partial charge in [0.25, 0.3) is 0 Å². The van der Waals surface area contributed by atoms with Crippen LogP contribution in [0.15, 0.2) is 18.2 Å². The van der Waals surface area contributed by atoms with Gasteiger partial charge in [0.15, 0.2) is 5.78 Å². The highest BCUT2D eigenvalue weighted by molar-refractivity contribution is 6.07. The van der Waals surface area contributed by atoms with Crippen LogP contribution in [-0.2, 0) is 4.74 Å². The van der Waals surface area contributed by atoms with E-state index < -0.39 is 37.3 Å². The van der Waals surface area contributed by atoms with Gasteiger partial charge in [-0.2, -0.15) is 0 Å². The fraction of sp³-hybridized carbons (Fsp3) is 0.421. The molecular weight excluding hydrogens is 372 g/mol. The maximum Gasteiger partial charge on any atom is 0.229 e. The van der Waals surface area contributed by atoms with Gasteiger partial charge in [0.2, 0.25) is 6.29 Å². The number of rotatable bonds is 4. The molecule has 2 aromatic rings. The Labute approximate surface area is 160 Å². The van der Waals surface area contributed by atoms with E-state index in [1.54, 1.807) is 13.0 Å². The summed E-state index contributed by atoms with van der Waals surface area (Å²) in [7, 11) is 0. The van der Waals surface area contributed by atoms with Gasteiger partial charge >= 0.3 is 0 Å². The van der Waals surface area contributed by atoms with Crippen molar-refractivity contribution in [1.29, 1.82) is 0 Å². The van der Waals surface area contributed by atoms with E-state index in [1.165, 1.54) is 13.0 Å². The van der Waals surface area contributed by atoms with Gasteiger partial charge in [0.1, 0.15) is 41.7 Å². The van der Waals surface area contributed by atoms with E-state index in [9.17, 15) is 35.4 Å². The van der Waals surface area contributed by atoms with Crippen LogP contribution in [0, 0.1) is 6.92 Å². The molecule has 2 aromatic carbocycles. The largest absolute Gasteiger partial charge is 0.508 e. The highest BCUT2D eigenvalue weighted by Crippen LogP contribution is 2.41. The lowest BCUT2D eigenvalue weighted by Gasteiger charge is -2.39. The first kappa shape index (κ1) is 20.3. The summed E-state index contributed by atoms with van der Waals surface area (Å²) < 4.78 is 10.9. The number of ketones is 1. The number of phenols is 2. The molecule has 3 rings (SSSR count). The Kier molecular flexibility index (Phi) is 5.46. The molecule has 9 heteroatoms. The van der Waals surface area contributed by atoms with Gasteiger partial charge in [0, 0.05) is 6.07 Å². The van der Waals surface area contributed by atoms with Crippen LogP contribution in [0.2, 0.25) is 0 Å². The van der Waals surface area contributed by atoms with Crippen molar-refractivity contribution in [2.45, 2.75) is 44.6 Å². The van der Waals surface area contributed by atoms with E-state index in [1.807, 2.05) is 0 Å². The fourth-order valence-electron chi connectivity index (χ4n) is 3.43. The number of fused-ring (bicyclic) bond motifs is 1. The van der Waals surface area contributed by atoms with E-state index in [0.717, 1.165) is 6.07 Å². The smallest absolute Gasteiger partial charge is 0.229 e. The van der Waals surface area contributed by atoms with Crippen molar-refractivity contribution in [3.63, 3.8) is 0 Å². The first-order valence-electron chi connectivity index (χ1n) is 8.63. The number of aliphatic hydroxyl groups is 4. The third kappa shape index (κ3) is 3.38. The topological polar surface area (TPSA) is 157 Å². The van der Waals surface area contributed by atoms with E-state index in [2.05, 4.69) is 0 Å². The Morgan fingerprint density at radius 3 is 2.39 bits per heavy atom. The van der Waals surface area contributed by atoms with Gasteiger partial charge in [-0.15, -0.1) is 0 Å². The van der Waals surface area contributed by atoms with E-state index in [4.69, 9.17) is 9.47 Å². The molecule has 6 N–H and O–H groups in total. The predicted molar refractivity (Wildman–Crippen MR) is 96.4 cm³/mol. The van der Waals surface area contributed by atoms with Crippen LogP contribution in [0.4, 0.5) is 0 Å². The SMILES string of the molecule is CC(=O)c1c(C)cc2cc(O)cc(O[C@@H]3O[C@H](CO)[C@@H](O)[C@H](O)[C@H]3O)c2c1O. The first-order valence-corrected chi connectivity index (χ1v) is 8.63. The second-order valence-electron chi connectivity index (χ2n) is 6.83. The normalized spacial score (nSPS) is 27.7. The zero-order valence-electron chi connectivity index (χ0n) is 15.2. The van der Waals surface area contributed by atoms with Crippen molar-refractivity contribution in [2.24, 2.45) is 0 Å². The van der Waals surface area contributed by atoms with Gasteiger partial charge in [0.05, 0.1) is 17.6 Å². The molecule has 5 atom stereocenters. The summed E-state index contributed by atoms with van der Waals surface area (Å²) in [6.45, 7) is 2.30. The standard InChI is InChI=1S/C19H22O9/c1-7-3-9-4-10(22)5-11(14(9)16(24)13(7)8(2)21)27-19-18(26)17(25)15(23)12(6-20)28-19/h3-5,12,15,17-20,22-26H,6H2,1-2H3/t12-,15-,17+,18-,19-/m1/s1. The Balaban J connectivity index is 2.10. The zero-order chi connectivity index (χ0) is 20.7. The number of Topliss-reactive ketones (excluding diaryl/α,β-unsaturated/α-hetero) is 1. The number of aromatic hydroxyl groups is 2. The average Bonchev–Trinajstić information content (AvgIpc) is 2.61. The van der Waals surface area contributed by atoms with Crippen LogP contribution >= 0.6 is 0 Å². The minimum atomic E-state index is -1.67. The van der Waals surface area contributed by atoms with Gasteiger partial charge in [-0.1, -0.05) is 6.07 Å². The summed E-state index contributed by atoms with van der Waals surface area (Å²) in [5, 5.41) is 60.3. The van der Waals surface area contributed by atoms with Crippen LogP contribution in [0.25, 0.3) is 10.8 Å². The van der Waals surface area contributed by atoms with Gasteiger partial charge in [-0.05, 0) is 30.9 Å².